The maximum atomic E-state index is 11.7. The molecule has 0 bridgehead atoms. The zero-order chi connectivity index (χ0) is 13.0. The van der Waals surface area contributed by atoms with Crippen molar-refractivity contribution in [1.82, 2.24) is 10.2 Å². The number of piperidine rings is 1. The van der Waals surface area contributed by atoms with Crippen LogP contribution in [0.3, 0.4) is 0 Å². The largest absolute Gasteiger partial charge is 0.469 e. The van der Waals surface area contributed by atoms with Crippen molar-refractivity contribution in [3.63, 3.8) is 0 Å². The van der Waals surface area contributed by atoms with Gasteiger partial charge in [0.25, 0.3) is 0 Å². The predicted octanol–water partition coefficient (Wildman–Crippen LogP) is 0.398. The highest BCUT2D eigenvalue weighted by Crippen LogP contribution is 2.27. The first-order chi connectivity index (χ1) is 8.69. The van der Waals surface area contributed by atoms with Crippen LogP contribution in [-0.2, 0) is 14.3 Å². The number of likely N-dealkylation sites (tertiary alicyclic amines) is 1. The van der Waals surface area contributed by atoms with E-state index < -0.39 is 0 Å². The molecule has 1 aliphatic heterocycles. The van der Waals surface area contributed by atoms with Crippen molar-refractivity contribution in [2.75, 3.05) is 33.3 Å². The van der Waals surface area contributed by atoms with E-state index in [2.05, 4.69) is 5.32 Å². The van der Waals surface area contributed by atoms with Gasteiger partial charge in [-0.3, -0.25) is 14.5 Å². The molecule has 1 aliphatic carbocycles. The van der Waals surface area contributed by atoms with Crippen LogP contribution in [-0.4, -0.2) is 50.1 Å². The second kappa shape index (κ2) is 6.18. The number of hydrogen-bond acceptors (Lipinski definition) is 4. The summed E-state index contributed by atoms with van der Waals surface area (Å²) in [7, 11) is 1.42. The summed E-state index contributed by atoms with van der Waals surface area (Å²) >= 11 is 0. The molecule has 1 saturated carbocycles. The molecule has 0 aromatic rings. The molecule has 102 valence electrons. The molecule has 0 aromatic carbocycles. The molecule has 0 radical (unpaired) electrons. The second-order valence-electron chi connectivity index (χ2n) is 5.34. The monoisotopic (exact) mass is 254 g/mol. The van der Waals surface area contributed by atoms with E-state index in [1.807, 2.05) is 4.90 Å². The molecule has 1 saturated heterocycles. The molecule has 2 aliphatic rings. The fraction of sp³-hybridized carbons (Fsp3) is 0.846. The van der Waals surface area contributed by atoms with Gasteiger partial charge >= 0.3 is 5.97 Å². The number of hydrogen-bond donors (Lipinski definition) is 1. The predicted molar refractivity (Wildman–Crippen MR) is 66.9 cm³/mol. The minimum absolute atomic E-state index is 0.0695. The highest BCUT2D eigenvalue weighted by Gasteiger charge is 2.28. The number of carbonyl (C=O) groups is 2. The van der Waals surface area contributed by atoms with Gasteiger partial charge in [-0.05, 0) is 38.1 Å². The summed E-state index contributed by atoms with van der Waals surface area (Å²) in [5.74, 6) is 0.559. The van der Waals surface area contributed by atoms with Crippen LogP contribution in [0.4, 0.5) is 0 Å². The Bertz CT molecular complexity index is 315. The number of carbonyl (C=O) groups excluding carboxylic acids is 2. The molecule has 2 fully saturated rings. The van der Waals surface area contributed by atoms with E-state index >= 15 is 0 Å². The van der Waals surface area contributed by atoms with E-state index in [-0.39, 0.29) is 17.8 Å². The first-order valence-corrected chi connectivity index (χ1v) is 6.76. The van der Waals surface area contributed by atoms with Crippen LogP contribution in [0.5, 0.6) is 0 Å². The van der Waals surface area contributed by atoms with Gasteiger partial charge in [0.05, 0.1) is 19.6 Å². The lowest BCUT2D eigenvalue weighted by molar-refractivity contribution is -0.147. The molecule has 1 amide bonds. The Morgan fingerprint density at radius 2 is 2.11 bits per heavy atom. The standard InChI is InChI=1S/C13H22N2O3/c1-18-13(17)11-3-2-6-15(8-11)9-12(16)14-7-10-4-5-10/h10-11H,2-9H2,1H3,(H,14,16)/t11-/m0/s1. The zero-order valence-electron chi connectivity index (χ0n) is 11.0. The fourth-order valence-electron chi connectivity index (χ4n) is 2.40. The third-order valence-corrected chi connectivity index (χ3v) is 3.69. The molecule has 0 aromatic heterocycles. The maximum absolute atomic E-state index is 11.7. The van der Waals surface area contributed by atoms with Crippen LogP contribution < -0.4 is 5.32 Å². The minimum Gasteiger partial charge on any atom is -0.469 e. The minimum atomic E-state index is -0.155. The average molecular weight is 254 g/mol. The number of nitrogens with zero attached hydrogens (tertiary/aromatic N) is 1. The molecule has 5 heteroatoms. The molecule has 0 spiro atoms. The van der Waals surface area contributed by atoms with Gasteiger partial charge in [0, 0.05) is 13.1 Å². The Hall–Kier alpha value is -1.10. The number of ether oxygens (including phenoxy) is 1. The highest BCUT2D eigenvalue weighted by atomic mass is 16.5. The van der Waals surface area contributed by atoms with Gasteiger partial charge in [-0.25, -0.2) is 0 Å². The van der Waals surface area contributed by atoms with E-state index in [4.69, 9.17) is 4.74 Å². The third-order valence-electron chi connectivity index (χ3n) is 3.69. The van der Waals surface area contributed by atoms with Gasteiger partial charge in [-0.2, -0.15) is 0 Å². The normalized spacial score (nSPS) is 24.6. The van der Waals surface area contributed by atoms with Crippen molar-refractivity contribution in [2.24, 2.45) is 11.8 Å². The van der Waals surface area contributed by atoms with Crippen LogP contribution in [0.2, 0.25) is 0 Å². The summed E-state index contributed by atoms with van der Waals surface area (Å²) in [4.78, 5) is 25.2. The lowest BCUT2D eigenvalue weighted by atomic mass is 9.98. The Morgan fingerprint density at radius 1 is 1.33 bits per heavy atom. The van der Waals surface area contributed by atoms with Crippen LogP contribution in [0.15, 0.2) is 0 Å². The SMILES string of the molecule is COC(=O)[C@H]1CCCN(CC(=O)NCC2CC2)C1. The van der Waals surface area contributed by atoms with Gasteiger partial charge in [-0.15, -0.1) is 0 Å². The van der Waals surface area contributed by atoms with Gasteiger partial charge in [0.15, 0.2) is 0 Å². The van der Waals surface area contributed by atoms with Crippen molar-refractivity contribution >= 4 is 11.9 Å². The number of methoxy groups -OCH3 is 1. The maximum Gasteiger partial charge on any atom is 0.309 e. The number of nitrogens with one attached hydrogen (secondary N) is 1. The number of esters is 1. The van der Waals surface area contributed by atoms with E-state index in [1.54, 1.807) is 0 Å². The van der Waals surface area contributed by atoms with E-state index in [9.17, 15) is 9.59 Å². The first-order valence-electron chi connectivity index (χ1n) is 6.76. The topological polar surface area (TPSA) is 58.6 Å². The van der Waals surface area contributed by atoms with E-state index in [0.29, 0.717) is 19.0 Å². The van der Waals surface area contributed by atoms with E-state index in [0.717, 1.165) is 25.9 Å². The molecule has 2 rings (SSSR count). The molecular weight excluding hydrogens is 232 g/mol. The van der Waals surface area contributed by atoms with E-state index in [1.165, 1.54) is 20.0 Å². The van der Waals surface area contributed by atoms with Gasteiger partial charge in [0.1, 0.15) is 0 Å². The number of amides is 1. The summed E-state index contributed by atoms with van der Waals surface area (Å²) in [6, 6.07) is 0. The third kappa shape index (κ3) is 3.98. The van der Waals surface area contributed by atoms with Crippen molar-refractivity contribution in [3.05, 3.63) is 0 Å². The van der Waals surface area contributed by atoms with Gasteiger partial charge in [0.2, 0.25) is 5.91 Å². The lowest BCUT2D eigenvalue weighted by Gasteiger charge is -2.30. The highest BCUT2D eigenvalue weighted by molar-refractivity contribution is 5.78. The van der Waals surface area contributed by atoms with Gasteiger partial charge in [-0.1, -0.05) is 0 Å². The summed E-state index contributed by atoms with van der Waals surface area (Å²) in [5, 5.41) is 2.95. The van der Waals surface area contributed by atoms with Crippen molar-refractivity contribution in [2.45, 2.75) is 25.7 Å². The smallest absolute Gasteiger partial charge is 0.309 e. The quantitative estimate of drug-likeness (QED) is 0.721. The summed E-state index contributed by atoms with van der Waals surface area (Å²) in [6.07, 6.45) is 4.31. The van der Waals surface area contributed by atoms with Crippen LogP contribution >= 0.6 is 0 Å². The lowest BCUT2D eigenvalue weighted by Crippen LogP contribution is -2.44. The van der Waals surface area contributed by atoms with Crippen molar-refractivity contribution < 1.29 is 14.3 Å². The Labute approximate surface area is 108 Å². The van der Waals surface area contributed by atoms with Crippen LogP contribution in [0.1, 0.15) is 25.7 Å². The summed E-state index contributed by atoms with van der Waals surface area (Å²) < 4.78 is 4.76. The van der Waals surface area contributed by atoms with Crippen LogP contribution in [0.25, 0.3) is 0 Å². The van der Waals surface area contributed by atoms with Crippen LogP contribution in [0, 0.1) is 11.8 Å². The fourth-order valence-corrected chi connectivity index (χ4v) is 2.40. The molecule has 1 N–H and O–H groups in total. The van der Waals surface area contributed by atoms with Gasteiger partial charge < -0.3 is 10.1 Å². The second-order valence-corrected chi connectivity index (χ2v) is 5.34. The Kier molecular flexibility index (Phi) is 4.58. The molecule has 18 heavy (non-hydrogen) atoms. The summed E-state index contributed by atoms with van der Waals surface area (Å²) in [5.41, 5.74) is 0. The first kappa shape index (κ1) is 13.3. The molecule has 1 atom stereocenters. The molecule has 5 nitrogen and oxygen atoms in total. The van der Waals surface area contributed by atoms with Crippen molar-refractivity contribution in [1.29, 1.82) is 0 Å². The molecular formula is C13H22N2O3. The molecule has 1 heterocycles. The van der Waals surface area contributed by atoms with Crippen molar-refractivity contribution in [3.8, 4) is 0 Å². The Balaban J connectivity index is 1.70. The Morgan fingerprint density at radius 3 is 2.78 bits per heavy atom. The number of rotatable bonds is 5. The average Bonchev–Trinajstić information content (AvgIpc) is 3.20. The summed E-state index contributed by atoms with van der Waals surface area (Å²) in [6.45, 7) is 2.75. The molecule has 0 unspecified atom stereocenters. The zero-order valence-corrected chi connectivity index (χ0v) is 11.0.